The first-order chi connectivity index (χ1) is 13.2. The van der Waals surface area contributed by atoms with Gasteiger partial charge in [0.25, 0.3) is 0 Å². The highest BCUT2D eigenvalue weighted by Crippen LogP contribution is 2.23. The molecule has 0 aromatic heterocycles. The molecule has 1 aromatic rings. The fourth-order valence-corrected chi connectivity index (χ4v) is 2.33. The lowest BCUT2D eigenvalue weighted by atomic mass is 10.0. The van der Waals surface area contributed by atoms with Crippen LogP contribution >= 0.6 is 0 Å². The predicted octanol–water partition coefficient (Wildman–Crippen LogP) is 1.90. The molecule has 0 aliphatic heterocycles. The second kappa shape index (κ2) is 11.6. The molecule has 8 heteroatoms. The summed E-state index contributed by atoms with van der Waals surface area (Å²) in [6.45, 7) is 9.04. The van der Waals surface area contributed by atoms with Gasteiger partial charge in [0.15, 0.2) is 0 Å². The van der Waals surface area contributed by atoms with Gasteiger partial charge < -0.3 is 25.2 Å². The Bertz CT molecular complexity index is 706. The summed E-state index contributed by atoms with van der Waals surface area (Å²) in [5.74, 6) is -0.603. The van der Waals surface area contributed by atoms with E-state index in [2.05, 4.69) is 17.2 Å². The summed E-state index contributed by atoms with van der Waals surface area (Å²) in [5.41, 5.74) is 2.79. The molecule has 0 aliphatic carbocycles. The van der Waals surface area contributed by atoms with Crippen LogP contribution in [0.3, 0.4) is 0 Å². The van der Waals surface area contributed by atoms with Gasteiger partial charge >= 0.3 is 18.0 Å². The van der Waals surface area contributed by atoms with Gasteiger partial charge in [-0.25, -0.2) is 9.59 Å². The number of phenolic OH excluding ortho intramolecular Hbond substituents is 1. The fraction of sp³-hybridized carbons (Fsp3) is 0.450. The minimum absolute atomic E-state index is 0.0459. The highest BCUT2D eigenvalue weighted by molar-refractivity contribution is 5.86. The van der Waals surface area contributed by atoms with Gasteiger partial charge in [-0.15, -0.1) is 0 Å². The van der Waals surface area contributed by atoms with E-state index in [1.807, 2.05) is 26.0 Å². The number of nitrogens with one attached hydrogen (secondary N) is 2. The molecule has 1 rings (SSSR count). The van der Waals surface area contributed by atoms with E-state index in [1.165, 1.54) is 6.92 Å². The van der Waals surface area contributed by atoms with Crippen LogP contribution in [0.4, 0.5) is 4.79 Å². The molecular formula is C20H28N2O6. The van der Waals surface area contributed by atoms with Crippen LogP contribution in [0.25, 0.3) is 0 Å². The van der Waals surface area contributed by atoms with Crippen molar-refractivity contribution in [2.24, 2.45) is 0 Å². The van der Waals surface area contributed by atoms with Crippen LogP contribution < -0.4 is 10.6 Å². The lowest BCUT2D eigenvalue weighted by Crippen LogP contribution is -2.39. The molecule has 8 nitrogen and oxygen atoms in total. The van der Waals surface area contributed by atoms with Crippen LogP contribution in [-0.4, -0.2) is 49.4 Å². The third kappa shape index (κ3) is 8.57. The molecule has 0 radical (unpaired) electrons. The van der Waals surface area contributed by atoms with Gasteiger partial charge in [-0.2, -0.15) is 0 Å². The van der Waals surface area contributed by atoms with Crippen molar-refractivity contribution in [2.75, 3.05) is 26.3 Å². The number of phenols is 1. The average molecular weight is 392 g/mol. The number of urea groups is 1. The maximum absolute atomic E-state index is 11.8. The maximum Gasteiger partial charge on any atom is 0.333 e. The Hall–Kier alpha value is -3.03. The summed E-state index contributed by atoms with van der Waals surface area (Å²) in [4.78, 5) is 34.4. The van der Waals surface area contributed by atoms with Crippen molar-refractivity contribution in [3.63, 3.8) is 0 Å². The van der Waals surface area contributed by atoms with Gasteiger partial charge in [0.1, 0.15) is 19.0 Å². The number of aryl methyl sites for hydroxylation is 3. The lowest BCUT2D eigenvalue weighted by Gasteiger charge is -2.10. The van der Waals surface area contributed by atoms with E-state index < -0.39 is 12.0 Å². The Kier molecular flexibility index (Phi) is 9.56. The molecule has 1 aromatic carbocycles. The summed E-state index contributed by atoms with van der Waals surface area (Å²) in [7, 11) is 0. The Morgan fingerprint density at radius 1 is 1.04 bits per heavy atom. The van der Waals surface area contributed by atoms with Gasteiger partial charge in [-0.05, 0) is 43.9 Å². The van der Waals surface area contributed by atoms with Crippen molar-refractivity contribution >= 4 is 18.0 Å². The van der Waals surface area contributed by atoms with E-state index in [0.717, 1.165) is 16.7 Å². The Morgan fingerprint density at radius 2 is 1.57 bits per heavy atom. The number of aromatic hydroxyl groups is 1. The maximum atomic E-state index is 11.8. The van der Waals surface area contributed by atoms with Crippen LogP contribution in [0, 0.1) is 13.8 Å². The number of rotatable bonds is 10. The molecule has 0 unspecified atom stereocenters. The molecule has 28 heavy (non-hydrogen) atoms. The van der Waals surface area contributed by atoms with Crippen LogP contribution in [0.2, 0.25) is 0 Å². The third-order valence-electron chi connectivity index (χ3n) is 3.79. The van der Waals surface area contributed by atoms with Gasteiger partial charge in [-0.3, -0.25) is 4.79 Å². The summed E-state index contributed by atoms with van der Waals surface area (Å²) >= 11 is 0. The summed E-state index contributed by atoms with van der Waals surface area (Å²) in [5, 5.41) is 14.8. The van der Waals surface area contributed by atoms with Gasteiger partial charge in [0.05, 0.1) is 13.1 Å². The van der Waals surface area contributed by atoms with E-state index in [4.69, 9.17) is 9.47 Å². The molecular weight excluding hydrogens is 364 g/mol. The number of hydrogen-bond acceptors (Lipinski definition) is 6. The molecule has 154 valence electrons. The molecule has 0 fully saturated rings. The summed E-state index contributed by atoms with van der Waals surface area (Å²) in [6, 6.07) is 3.24. The molecule has 0 saturated carbocycles. The zero-order chi connectivity index (χ0) is 21.1. The third-order valence-corrected chi connectivity index (χ3v) is 3.79. The van der Waals surface area contributed by atoms with Crippen molar-refractivity contribution in [1.29, 1.82) is 0 Å². The van der Waals surface area contributed by atoms with Gasteiger partial charge in [-0.1, -0.05) is 18.7 Å². The van der Waals surface area contributed by atoms with Crippen LogP contribution in [0.1, 0.15) is 30.0 Å². The number of amides is 2. The van der Waals surface area contributed by atoms with Crippen molar-refractivity contribution in [1.82, 2.24) is 10.6 Å². The topological polar surface area (TPSA) is 114 Å². The lowest BCUT2D eigenvalue weighted by molar-refractivity contribution is -0.143. The smallest absolute Gasteiger partial charge is 0.333 e. The number of benzene rings is 1. The van der Waals surface area contributed by atoms with Crippen molar-refractivity contribution in [3.8, 4) is 5.75 Å². The highest BCUT2D eigenvalue weighted by atomic mass is 16.5. The number of hydrogen-bond donors (Lipinski definition) is 3. The first-order valence-electron chi connectivity index (χ1n) is 8.99. The van der Waals surface area contributed by atoms with E-state index >= 15 is 0 Å². The monoisotopic (exact) mass is 392 g/mol. The van der Waals surface area contributed by atoms with E-state index in [9.17, 15) is 19.5 Å². The zero-order valence-corrected chi connectivity index (χ0v) is 16.6. The number of carbonyl (C=O) groups is 3. The van der Waals surface area contributed by atoms with Crippen molar-refractivity contribution < 1.29 is 29.0 Å². The quantitative estimate of drug-likeness (QED) is 0.318. The Morgan fingerprint density at radius 3 is 2.11 bits per heavy atom. The summed E-state index contributed by atoms with van der Waals surface area (Å²) < 4.78 is 9.90. The second-order valence-corrected chi connectivity index (χ2v) is 6.40. The standard InChI is InChI=1S/C20H28N2O6/c1-13(2)19(25)28-10-8-22-20(26)21-7-9-27-17(23)6-5-16-11-14(3)18(24)15(4)12-16/h11-12,24H,1,5-10H2,2-4H3,(H2,21,22,26). The number of ether oxygens (including phenoxy) is 2. The van der Waals surface area contributed by atoms with E-state index in [0.29, 0.717) is 12.0 Å². The SMILES string of the molecule is C=C(C)C(=O)OCCNC(=O)NCCOC(=O)CCc1cc(C)c(O)c(C)c1. The van der Waals surface area contributed by atoms with E-state index in [1.54, 1.807) is 0 Å². The molecule has 2 amide bonds. The largest absolute Gasteiger partial charge is 0.507 e. The van der Waals surface area contributed by atoms with Crippen molar-refractivity contribution in [3.05, 3.63) is 41.0 Å². The molecule has 3 N–H and O–H groups in total. The first-order valence-corrected chi connectivity index (χ1v) is 8.99. The molecule has 0 spiro atoms. The Balaban J connectivity index is 2.14. The second-order valence-electron chi connectivity index (χ2n) is 6.40. The van der Waals surface area contributed by atoms with Crippen molar-refractivity contribution in [2.45, 2.75) is 33.6 Å². The van der Waals surface area contributed by atoms with Crippen LogP contribution in [0.5, 0.6) is 5.75 Å². The predicted molar refractivity (Wildman–Crippen MR) is 104 cm³/mol. The minimum atomic E-state index is -0.508. The van der Waals surface area contributed by atoms with Crippen LogP contribution in [0.15, 0.2) is 24.3 Å². The van der Waals surface area contributed by atoms with Gasteiger partial charge in [0, 0.05) is 12.0 Å². The number of carbonyl (C=O) groups excluding carboxylic acids is 3. The number of esters is 2. The molecule has 0 heterocycles. The van der Waals surface area contributed by atoms with Crippen LogP contribution in [-0.2, 0) is 25.5 Å². The first kappa shape index (κ1) is 23.0. The summed E-state index contributed by atoms with van der Waals surface area (Å²) in [6.07, 6.45) is 0.724. The Labute approximate surface area is 164 Å². The fourth-order valence-electron chi connectivity index (χ4n) is 2.33. The molecule has 0 atom stereocenters. The molecule has 0 aliphatic rings. The van der Waals surface area contributed by atoms with E-state index in [-0.39, 0.29) is 44.4 Å². The zero-order valence-electron chi connectivity index (χ0n) is 16.6. The van der Waals surface area contributed by atoms with Gasteiger partial charge in [0.2, 0.25) is 0 Å². The normalized spacial score (nSPS) is 10.1. The average Bonchev–Trinajstić information content (AvgIpc) is 2.64. The highest BCUT2D eigenvalue weighted by Gasteiger charge is 2.08. The molecule has 0 bridgehead atoms. The minimum Gasteiger partial charge on any atom is -0.507 e. The molecule has 0 saturated heterocycles.